The number of benzene rings is 1. The molecule has 0 saturated carbocycles. The van der Waals surface area contributed by atoms with Gasteiger partial charge in [0.25, 0.3) is 0 Å². The van der Waals surface area contributed by atoms with Gasteiger partial charge in [0.1, 0.15) is 0 Å². The van der Waals surface area contributed by atoms with Crippen LogP contribution in [0.2, 0.25) is 10.0 Å². The number of hydrogen-bond donors (Lipinski definition) is 1. The van der Waals surface area contributed by atoms with Gasteiger partial charge in [0, 0.05) is 13.0 Å². The summed E-state index contributed by atoms with van der Waals surface area (Å²) in [7, 11) is 0. The van der Waals surface area contributed by atoms with E-state index < -0.39 is 0 Å². The summed E-state index contributed by atoms with van der Waals surface area (Å²) in [4.78, 5) is 15.5. The maximum Gasteiger partial charge on any atom is 0.228 e. The molecule has 0 saturated heterocycles. The molecule has 0 aliphatic carbocycles. The van der Waals surface area contributed by atoms with Crippen LogP contribution in [-0.4, -0.2) is 15.5 Å². The summed E-state index contributed by atoms with van der Waals surface area (Å²) in [6, 6.07) is 3.48. The molecule has 4 nitrogen and oxygen atoms in total. The maximum absolute atomic E-state index is 11.2. The van der Waals surface area contributed by atoms with Gasteiger partial charge < -0.3 is 4.57 Å². The van der Waals surface area contributed by atoms with E-state index in [1.807, 2.05) is 4.57 Å². The highest BCUT2D eigenvalue weighted by molar-refractivity contribution is 6.42. The Labute approximate surface area is 101 Å². The molecule has 16 heavy (non-hydrogen) atoms. The lowest BCUT2D eigenvalue weighted by Crippen LogP contribution is -2.23. The van der Waals surface area contributed by atoms with Crippen LogP contribution < -0.4 is 5.32 Å². The van der Waals surface area contributed by atoms with Gasteiger partial charge in [-0.05, 0) is 12.1 Å². The van der Waals surface area contributed by atoms with Crippen LogP contribution in [0.4, 0.5) is 5.95 Å². The molecule has 1 aliphatic heterocycles. The minimum Gasteiger partial charge on any atom is -0.309 e. The first-order chi connectivity index (χ1) is 7.65. The van der Waals surface area contributed by atoms with Gasteiger partial charge in [0.05, 0.1) is 21.1 Å². The third-order valence-corrected chi connectivity index (χ3v) is 3.33. The normalized spacial score (nSPS) is 15.0. The number of aromatic nitrogens is 2. The van der Waals surface area contributed by atoms with E-state index in [4.69, 9.17) is 23.2 Å². The minimum absolute atomic E-state index is 0.0139. The first-order valence-corrected chi connectivity index (χ1v) is 5.56. The summed E-state index contributed by atoms with van der Waals surface area (Å²) >= 11 is 11.9. The Bertz CT molecular complexity index is 606. The average molecular weight is 256 g/mol. The number of amides is 1. The number of fused-ring (bicyclic) bond motifs is 3. The van der Waals surface area contributed by atoms with Crippen molar-refractivity contribution in [1.29, 1.82) is 0 Å². The standard InChI is InChI=1S/C10H7Cl2N3O/c11-5-3-7-8(4-6(5)12)15-2-1-9(16)14-10(15)13-7/h3-4H,1-2H2,(H,13,14,16). The monoisotopic (exact) mass is 255 g/mol. The SMILES string of the molecule is O=C1CCn2c(nc3cc(Cl)c(Cl)cc32)N1. The molecule has 82 valence electrons. The van der Waals surface area contributed by atoms with Gasteiger partial charge in [0.2, 0.25) is 11.9 Å². The summed E-state index contributed by atoms with van der Waals surface area (Å²) in [5.41, 5.74) is 1.64. The summed E-state index contributed by atoms with van der Waals surface area (Å²) < 4.78 is 1.93. The van der Waals surface area contributed by atoms with Crippen molar-refractivity contribution in [1.82, 2.24) is 9.55 Å². The summed E-state index contributed by atoms with van der Waals surface area (Å²) in [5, 5.41) is 3.68. The first-order valence-electron chi connectivity index (χ1n) is 4.80. The lowest BCUT2D eigenvalue weighted by atomic mass is 10.3. The van der Waals surface area contributed by atoms with Gasteiger partial charge in [0.15, 0.2) is 0 Å². The van der Waals surface area contributed by atoms with E-state index in [-0.39, 0.29) is 5.91 Å². The molecule has 1 N–H and O–H groups in total. The lowest BCUT2D eigenvalue weighted by molar-refractivity contribution is -0.116. The summed E-state index contributed by atoms with van der Waals surface area (Å²) in [6.07, 6.45) is 0.457. The van der Waals surface area contributed by atoms with Crippen molar-refractivity contribution in [2.45, 2.75) is 13.0 Å². The molecule has 1 aromatic heterocycles. The van der Waals surface area contributed by atoms with Crippen molar-refractivity contribution in [2.75, 3.05) is 5.32 Å². The molecule has 0 radical (unpaired) electrons. The van der Waals surface area contributed by atoms with E-state index in [1.54, 1.807) is 12.1 Å². The number of carbonyl (C=O) groups is 1. The second-order valence-corrected chi connectivity index (χ2v) is 4.45. The fourth-order valence-corrected chi connectivity index (χ4v) is 2.16. The zero-order chi connectivity index (χ0) is 11.3. The summed E-state index contributed by atoms with van der Waals surface area (Å²) in [5.74, 6) is 0.546. The first kappa shape index (κ1) is 9.93. The zero-order valence-corrected chi connectivity index (χ0v) is 9.64. The number of nitrogens with zero attached hydrogens (tertiary/aromatic N) is 2. The molecule has 0 unspecified atom stereocenters. The Balaban J connectivity index is 2.29. The van der Waals surface area contributed by atoms with Crippen LogP contribution in [0.3, 0.4) is 0 Å². The van der Waals surface area contributed by atoms with Gasteiger partial charge in [-0.15, -0.1) is 0 Å². The number of aryl methyl sites for hydroxylation is 1. The van der Waals surface area contributed by atoms with Crippen molar-refractivity contribution >= 4 is 46.1 Å². The Morgan fingerprint density at radius 3 is 2.88 bits per heavy atom. The van der Waals surface area contributed by atoms with Gasteiger partial charge in [-0.2, -0.15) is 0 Å². The predicted octanol–water partition coefficient (Wildman–Crippen LogP) is 2.69. The molecule has 2 aromatic rings. The van der Waals surface area contributed by atoms with Crippen molar-refractivity contribution in [3.8, 4) is 0 Å². The fourth-order valence-electron chi connectivity index (χ4n) is 1.84. The minimum atomic E-state index is -0.0139. The molecule has 0 atom stereocenters. The molecule has 3 rings (SSSR count). The molecule has 6 heteroatoms. The highest BCUT2D eigenvalue weighted by atomic mass is 35.5. The number of hydrogen-bond acceptors (Lipinski definition) is 2. The summed E-state index contributed by atoms with van der Waals surface area (Å²) in [6.45, 7) is 0.621. The number of anilines is 1. The van der Waals surface area contributed by atoms with Crippen LogP contribution in [0.1, 0.15) is 6.42 Å². The third-order valence-electron chi connectivity index (χ3n) is 2.60. The number of nitrogens with one attached hydrogen (secondary N) is 1. The molecule has 1 aromatic carbocycles. The fraction of sp³-hybridized carbons (Fsp3) is 0.200. The Morgan fingerprint density at radius 1 is 1.31 bits per heavy atom. The molecule has 0 bridgehead atoms. The van der Waals surface area contributed by atoms with Crippen molar-refractivity contribution in [2.24, 2.45) is 0 Å². The maximum atomic E-state index is 11.2. The molecular formula is C10H7Cl2N3O. The third kappa shape index (κ3) is 1.37. The molecule has 2 heterocycles. The quantitative estimate of drug-likeness (QED) is 0.787. The second-order valence-electron chi connectivity index (χ2n) is 3.64. The van der Waals surface area contributed by atoms with Crippen LogP contribution in [-0.2, 0) is 11.3 Å². The topological polar surface area (TPSA) is 46.9 Å². The van der Waals surface area contributed by atoms with Crippen molar-refractivity contribution in [3.63, 3.8) is 0 Å². The largest absolute Gasteiger partial charge is 0.309 e. The van der Waals surface area contributed by atoms with Crippen LogP contribution in [0, 0.1) is 0 Å². The van der Waals surface area contributed by atoms with E-state index >= 15 is 0 Å². The van der Waals surface area contributed by atoms with Crippen LogP contribution in [0.5, 0.6) is 0 Å². The van der Waals surface area contributed by atoms with Gasteiger partial charge >= 0.3 is 0 Å². The van der Waals surface area contributed by atoms with E-state index in [1.165, 1.54) is 0 Å². The highest BCUT2D eigenvalue weighted by Crippen LogP contribution is 2.30. The van der Waals surface area contributed by atoms with E-state index in [0.29, 0.717) is 29.0 Å². The molecular weight excluding hydrogens is 249 g/mol. The van der Waals surface area contributed by atoms with Crippen molar-refractivity contribution < 1.29 is 4.79 Å². The number of carbonyl (C=O) groups excluding carboxylic acids is 1. The van der Waals surface area contributed by atoms with Gasteiger partial charge in [-0.3, -0.25) is 10.1 Å². The second kappa shape index (κ2) is 3.37. The molecule has 1 aliphatic rings. The van der Waals surface area contributed by atoms with Crippen LogP contribution >= 0.6 is 23.2 Å². The van der Waals surface area contributed by atoms with Gasteiger partial charge in [-0.1, -0.05) is 23.2 Å². The van der Waals surface area contributed by atoms with E-state index in [9.17, 15) is 4.79 Å². The molecule has 1 amide bonds. The Morgan fingerprint density at radius 2 is 2.06 bits per heavy atom. The van der Waals surface area contributed by atoms with E-state index in [2.05, 4.69) is 10.3 Å². The Hall–Kier alpha value is -1.26. The lowest BCUT2D eigenvalue weighted by Gasteiger charge is -2.14. The predicted molar refractivity (Wildman–Crippen MR) is 63.0 cm³/mol. The average Bonchev–Trinajstić information content (AvgIpc) is 2.55. The number of imidazole rings is 1. The van der Waals surface area contributed by atoms with Gasteiger partial charge in [-0.25, -0.2) is 4.98 Å². The van der Waals surface area contributed by atoms with Crippen LogP contribution in [0.15, 0.2) is 12.1 Å². The van der Waals surface area contributed by atoms with Crippen molar-refractivity contribution in [3.05, 3.63) is 22.2 Å². The molecule has 0 spiro atoms. The zero-order valence-electron chi connectivity index (χ0n) is 8.13. The van der Waals surface area contributed by atoms with E-state index in [0.717, 1.165) is 11.0 Å². The number of rotatable bonds is 0. The van der Waals surface area contributed by atoms with Crippen LogP contribution in [0.25, 0.3) is 11.0 Å². The Kier molecular flexibility index (Phi) is 2.09. The molecule has 0 fully saturated rings. The number of halogens is 2. The smallest absolute Gasteiger partial charge is 0.228 e. The highest BCUT2D eigenvalue weighted by Gasteiger charge is 2.19.